The van der Waals surface area contributed by atoms with Crippen molar-refractivity contribution in [1.29, 1.82) is 0 Å². The van der Waals surface area contributed by atoms with Crippen molar-refractivity contribution in [3.63, 3.8) is 0 Å². The molecule has 0 saturated carbocycles. The van der Waals surface area contributed by atoms with Gasteiger partial charge in [-0.15, -0.1) is 0 Å². The fourth-order valence-electron chi connectivity index (χ4n) is 0. The molecular weight excluding hydrogens is 216 g/mol. The zero-order valence-electron chi connectivity index (χ0n) is 13.5. The Morgan fingerprint density at radius 3 is 0.333 bits per heavy atom. The maximum Gasteiger partial charge on any atom is 4.00 e. The Hall–Kier alpha value is 2.14. The molecule has 0 bridgehead atoms. The van der Waals surface area contributed by atoms with Crippen LogP contribution in [0.1, 0.15) is 8.56 Å². The summed E-state index contributed by atoms with van der Waals surface area (Å²) in [5.74, 6) is 0. The largest absolute Gasteiger partial charge is 4.00 e. The summed E-state index contributed by atoms with van der Waals surface area (Å²) in [6.45, 7) is 0. The maximum atomic E-state index is 0. The molecule has 0 aliphatic rings. The van der Waals surface area contributed by atoms with Crippen LogP contribution in [0.3, 0.4) is 0 Å². The van der Waals surface area contributed by atoms with Gasteiger partial charge in [0.2, 0.25) is 0 Å². The summed E-state index contributed by atoms with van der Waals surface area (Å²) in [6, 6.07) is 0. The van der Waals surface area contributed by atoms with Crippen LogP contribution in [0.4, 0.5) is 0 Å². The number of rotatable bonds is 0. The minimum Gasteiger partial charge on any atom is -1.00 e. The molecule has 0 nitrogen and oxygen atoms in total. The fraction of sp³-hybridized carbons (Fsp3) is 0. The van der Waals surface area contributed by atoms with Crippen LogP contribution in [0.25, 0.3) is 0 Å². The van der Waals surface area contributed by atoms with Gasteiger partial charge in [0.15, 0.2) is 0 Å². The van der Waals surface area contributed by atoms with Gasteiger partial charge in [0.25, 0.3) is 0 Å². The summed E-state index contributed by atoms with van der Waals surface area (Å²) in [5.41, 5.74) is 0. The molecule has 0 aliphatic heterocycles. The van der Waals surface area contributed by atoms with Crippen LogP contribution >= 0.6 is 0 Å². The van der Waals surface area contributed by atoms with Gasteiger partial charge in [-0.2, -0.15) is 0 Å². The summed E-state index contributed by atoms with van der Waals surface area (Å²) in [5, 5.41) is 0. The SMILES string of the molecule is [CH3-].[CH3-].[CH3-].[CH3-].[CH3-].[CH3-].[H-].[H-].[H-].[H-].[H-].[H-].[Ti+4].[Ti+4].[Ti+4]. The van der Waals surface area contributed by atoms with Gasteiger partial charge < -0.3 is 53.1 Å². The van der Waals surface area contributed by atoms with Crippen molar-refractivity contribution in [2.24, 2.45) is 0 Å². The van der Waals surface area contributed by atoms with E-state index in [4.69, 9.17) is 0 Å². The molecule has 0 saturated heterocycles. The third kappa shape index (κ3) is 146. The molecule has 0 spiro atoms. The van der Waals surface area contributed by atoms with Gasteiger partial charge in [-0.1, -0.05) is 0 Å². The van der Waals surface area contributed by atoms with E-state index in [-0.39, 0.29) is 118 Å². The Bertz CT molecular complexity index is 22.8. The fourth-order valence-corrected chi connectivity index (χ4v) is 0. The first-order valence-electron chi connectivity index (χ1n) is 0. The van der Waals surface area contributed by atoms with Crippen molar-refractivity contribution < 1.29 is 73.7 Å². The van der Waals surface area contributed by atoms with Gasteiger partial charge in [-0.05, 0) is 0 Å². The van der Waals surface area contributed by atoms with Crippen LogP contribution in [0, 0.1) is 44.6 Å². The quantitative estimate of drug-likeness (QED) is 0.449. The van der Waals surface area contributed by atoms with Crippen molar-refractivity contribution >= 4 is 0 Å². The van der Waals surface area contributed by atoms with Crippen molar-refractivity contribution in [2.45, 2.75) is 0 Å². The zero-order chi connectivity index (χ0) is 0. The van der Waals surface area contributed by atoms with Crippen molar-refractivity contribution in [3.05, 3.63) is 44.6 Å². The van der Waals surface area contributed by atoms with Crippen LogP contribution in [0.5, 0.6) is 0 Å². The number of hydrogen-bond donors (Lipinski definition) is 0. The zero-order valence-corrected chi connectivity index (χ0v) is 12.2. The molecule has 0 rings (SSSR count). The normalized spacial score (nSPS) is 0. The molecule has 3 heteroatoms. The molecule has 9 heavy (non-hydrogen) atoms. The van der Waals surface area contributed by atoms with Gasteiger partial charge in [-0.25, -0.2) is 0 Å². The van der Waals surface area contributed by atoms with E-state index < -0.39 is 0 Å². The van der Waals surface area contributed by atoms with E-state index >= 15 is 0 Å². The van der Waals surface area contributed by atoms with Crippen LogP contribution in [0.2, 0.25) is 0 Å². The molecule has 60 valence electrons. The summed E-state index contributed by atoms with van der Waals surface area (Å²) >= 11 is 0. The van der Waals surface area contributed by atoms with Crippen LogP contribution < -0.4 is 0 Å². The predicted octanol–water partition coefficient (Wildman–Crippen LogP) is 3.37. The monoisotopic (exact) mass is 240 g/mol. The smallest absolute Gasteiger partial charge is 1.00 e. The van der Waals surface area contributed by atoms with E-state index in [0.717, 1.165) is 0 Å². The van der Waals surface area contributed by atoms with Crippen LogP contribution in [-0.2, 0) is 65.2 Å². The summed E-state index contributed by atoms with van der Waals surface area (Å²) in [6.07, 6.45) is 0. The molecule has 0 radical (unpaired) electrons. The summed E-state index contributed by atoms with van der Waals surface area (Å²) in [7, 11) is 0. The molecule has 0 aromatic rings. The summed E-state index contributed by atoms with van der Waals surface area (Å²) < 4.78 is 0. The van der Waals surface area contributed by atoms with Gasteiger partial charge >= 0.3 is 65.2 Å². The van der Waals surface area contributed by atoms with Gasteiger partial charge in [0.1, 0.15) is 0 Å². The van der Waals surface area contributed by atoms with Gasteiger partial charge in [-0.3, -0.25) is 0 Å². The molecule has 0 amide bonds. The van der Waals surface area contributed by atoms with Crippen molar-refractivity contribution in [1.82, 2.24) is 0 Å². The average molecular weight is 240 g/mol. The predicted molar refractivity (Wildman–Crippen MR) is 45.2 cm³/mol. The summed E-state index contributed by atoms with van der Waals surface area (Å²) in [4.78, 5) is 0. The Kier molecular flexibility index (Phi) is 5120. The van der Waals surface area contributed by atoms with Crippen LogP contribution in [-0.4, -0.2) is 0 Å². The third-order valence-corrected chi connectivity index (χ3v) is 0. The second kappa shape index (κ2) is 185. The standard InChI is InChI=1S/6CH3.3Ti.6H/h6*1H3;;;;;;;;;/q6*-1;3*+4;6*-1. The topological polar surface area (TPSA) is 0 Å². The van der Waals surface area contributed by atoms with E-state index in [0.29, 0.717) is 0 Å². The van der Waals surface area contributed by atoms with Gasteiger partial charge in [0, 0.05) is 0 Å². The minimum absolute atomic E-state index is 0. The van der Waals surface area contributed by atoms with Crippen molar-refractivity contribution in [3.8, 4) is 0 Å². The second-order valence-corrected chi connectivity index (χ2v) is 0. The van der Waals surface area contributed by atoms with E-state index in [1.165, 1.54) is 0 Å². The Labute approximate surface area is 118 Å². The van der Waals surface area contributed by atoms with E-state index in [2.05, 4.69) is 0 Å². The maximum absolute atomic E-state index is 0. The molecule has 0 aliphatic carbocycles. The first-order chi connectivity index (χ1) is 0. The third-order valence-electron chi connectivity index (χ3n) is 0. The molecule has 0 aromatic heterocycles. The number of hydrogen-bond acceptors (Lipinski definition) is 0. The molecule has 0 atom stereocenters. The van der Waals surface area contributed by atoms with Gasteiger partial charge in [0.05, 0.1) is 0 Å². The van der Waals surface area contributed by atoms with Crippen LogP contribution in [0.15, 0.2) is 0 Å². The average Bonchev–Trinajstić information content (AvgIpc) is 0. The Morgan fingerprint density at radius 1 is 0.333 bits per heavy atom. The molecule has 0 fully saturated rings. The van der Waals surface area contributed by atoms with E-state index in [1.54, 1.807) is 0 Å². The molecule has 0 heterocycles. The minimum atomic E-state index is 0. The Morgan fingerprint density at radius 2 is 0.333 bits per heavy atom. The first-order valence-corrected chi connectivity index (χ1v) is 0. The molecule has 0 N–H and O–H groups in total. The molecular formula is C6H24Ti3. The van der Waals surface area contributed by atoms with E-state index in [9.17, 15) is 0 Å². The Balaban J connectivity index is 0. The second-order valence-electron chi connectivity index (χ2n) is 0. The molecule has 0 aromatic carbocycles. The molecule has 0 unspecified atom stereocenters. The first kappa shape index (κ1) is 250. The van der Waals surface area contributed by atoms with E-state index in [1.807, 2.05) is 0 Å². The van der Waals surface area contributed by atoms with Crippen molar-refractivity contribution in [2.75, 3.05) is 0 Å².